The van der Waals surface area contributed by atoms with Crippen molar-refractivity contribution in [1.29, 1.82) is 0 Å². The highest BCUT2D eigenvalue weighted by Gasteiger charge is 2.28. The lowest BCUT2D eigenvalue weighted by molar-refractivity contribution is -0.144. The molecule has 0 fully saturated rings. The zero-order valence-electron chi connectivity index (χ0n) is 15.6. The van der Waals surface area contributed by atoms with Gasteiger partial charge in [-0.25, -0.2) is 9.97 Å². The molecule has 28 heavy (non-hydrogen) atoms. The molecule has 1 aliphatic rings. The minimum absolute atomic E-state index is 0.304. The molecule has 8 heteroatoms. The number of carbonyl (C=O) groups is 1. The molecule has 4 rings (SSSR count). The van der Waals surface area contributed by atoms with Crippen molar-refractivity contribution in [3.63, 3.8) is 0 Å². The smallest absolute Gasteiger partial charge is 0.327 e. The average molecular weight is 377 g/mol. The van der Waals surface area contributed by atoms with E-state index in [1.807, 2.05) is 54.3 Å². The number of hydrogen-bond donors (Lipinski definition) is 0. The summed E-state index contributed by atoms with van der Waals surface area (Å²) in [6, 6.07) is 9.22. The first-order chi connectivity index (χ1) is 13.6. The number of aryl methyl sites for hydroxylation is 1. The van der Waals surface area contributed by atoms with Crippen LogP contribution in [0.3, 0.4) is 0 Å². The molecule has 1 aliphatic heterocycles. The van der Waals surface area contributed by atoms with E-state index in [1.165, 1.54) is 7.11 Å². The number of rotatable bonds is 5. The van der Waals surface area contributed by atoms with Crippen LogP contribution < -0.4 is 0 Å². The Labute approximate surface area is 161 Å². The minimum Gasteiger partial charge on any atom is -0.468 e. The second kappa shape index (κ2) is 7.69. The number of benzene rings is 1. The molecule has 0 saturated carbocycles. The molecule has 1 aromatic carbocycles. The van der Waals surface area contributed by atoms with E-state index in [9.17, 15) is 4.79 Å². The van der Waals surface area contributed by atoms with E-state index in [0.717, 1.165) is 16.8 Å². The highest BCUT2D eigenvalue weighted by molar-refractivity contribution is 5.78. The van der Waals surface area contributed by atoms with Gasteiger partial charge in [-0.3, -0.25) is 9.69 Å². The standard InChI is InChI=1S/C20H19N5O3/c1-13-21-9-8-16(22-13)14-5-3-6-15(11-14)19-23-18(28-24-19)12-25-10-4-7-17(25)20(26)27-2/h3-9,11,17H,10,12H2,1-2H3. The van der Waals surface area contributed by atoms with Gasteiger partial charge in [0.15, 0.2) is 0 Å². The minimum atomic E-state index is -0.426. The van der Waals surface area contributed by atoms with E-state index >= 15 is 0 Å². The van der Waals surface area contributed by atoms with Gasteiger partial charge in [-0.15, -0.1) is 0 Å². The lowest BCUT2D eigenvalue weighted by Crippen LogP contribution is -2.36. The van der Waals surface area contributed by atoms with Crippen molar-refractivity contribution in [3.8, 4) is 22.6 Å². The molecule has 3 heterocycles. The average Bonchev–Trinajstić information content (AvgIpc) is 3.37. The van der Waals surface area contributed by atoms with Gasteiger partial charge in [0.2, 0.25) is 11.7 Å². The third-order valence-corrected chi connectivity index (χ3v) is 4.49. The van der Waals surface area contributed by atoms with Crippen molar-refractivity contribution in [1.82, 2.24) is 25.0 Å². The Bertz CT molecular complexity index is 1030. The van der Waals surface area contributed by atoms with Gasteiger partial charge in [-0.2, -0.15) is 4.98 Å². The molecule has 142 valence electrons. The van der Waals surface area contributed by atoms with E-state index in [-0.39, 0.29) is 5.97 Å². The molecule has 0 N–H and O–H groups in total. The maximum atomic E-state index is 11.8. The van der Waals surface area contributed by atoms with Gasteiger partial charge >= 0.3 is 5.97 Å². The molecule has 3 aromatic rings. The zero-order valence-corrected chi connectivity index (χ0v) is 15.6. The third-order valence-electron chi connectivity index (χ3n) is 4.49. The van der Waals surface area contributed by atoms with Crippen molar-refractivity contribution >= 4 is 5.97 Å². The first-order valence-electron chi connectivity index (χ1n) is 8.85. The van der Waals surface area contributed by atoms with Crippen LogP contribution in [0.15, 0.2) is 53.2 Å². The van der Waals surface area contributed by atoms with Crippen molar-refractivity contribution in [3.05, 3.63) is 60.4 Å². The van der Waals surface area contributed by atoms with Gasteiger partial charge in [0.25, 0.3) is 0 Å². The Kier molecular flexibility index (Phi) is 4.94. The molecule has 0 saturated heterocycles. The topological polar surface area (TPSA) is 94.2 Å². The number of methoxy groups -OCH3 is 1. The summed E-state index contributed by atoms with van der Waals surface area (Å²) in [6.45, 7) is 2.85. The predicted molar refractivity (Wildman–Crippen MR) is 101 cm³/mol. The van der Waals surface area contributed by atoms with E-state index in [2.05, 4.69) is 20.1 Å². The Morgan fingerprint density at radius 2 is 2.14 bits per heavy atom. The number of esters is 1. The molecule has 0 aliphatic carbocycles. The van der Waals surface area contributed by atoms with Crippen molar-refractivity contribution < 1.29 is 14.1 Å². The summed E-state index contributed by atoms with van der Waals surface area (Å²) >= 11 is 0. The van der Waals surface area contributed by atoms with Gasteiger partial charge in [0, 0.05) is 23.9 Å². The zero-order chi connectivity index (χ0) is 19.5. The van der Waals surface area contributed by atoms with Gasteiger partial charge < -0.3 is 9.26 Å². The Hall–Kier alpha value is -3.39. The highest BCUT2D eigenvalue weighted by Crippen LogP contribution is 2.24. The summed E-state index contributed by atoms with van der Waals surface area (Å²) in [5, 5.41) is 4.09. The van der Waals surface area contributed by atoms with Crippen LogP contribution in [-0.2, 0) is 16.1 Å². The summed E-state index contributed by atoms with van der Waals surface area (Å²) in [4.78, 5) is 26.8. The molecular weight excluding hydrogens is 358 g/mol. The maximum Gasteiger partial charge on any atom is 0.327 e. The number of hydrogen-bond acceptors (Lipinski definition) is 8. The number of aromatic nitrogens is 4. The summed E-state index contributed by atoms with van der Waals surface area (Å²) in [6.07, 6.45) is 5.47. The highest BCUT2D eigenvalue weighted by atomic mass is 16.5. The predicted octanol–water partition coefficient (Wildman–Crippen LogP) is 2.42. The second-order valence-corrected chi connectivity index (χ2v) is 6.41. The number of ether oxygens (including phenoxy) is 1. The van der Waals surface area contributed by atoms with Crippen molar-refractivity contribution in [2.75, 3.05) is 13.7 Å². The van der Waals surface area contributed by atoms with Crippen LogP contribution in [0.4, 0.5) is 0 Å². The normalized spacial score (nSPS) is 16.4. The largest absolute Gasteiger partial charge is 0.468 e. The fourth-order valence-electron chi connectivity index (χ4n) is 3.12. The van der Waals surface area contributed by atoms with Crippen LogP contribution in [0.25, 0.3) is 22.6 Å². The third kappa shape index (κ3) is 3.67. The Morgan fingerprint density at radius 1 is 1.29 bits per heavy atom. The summed E-state index contributed by atoms with van der Waals surface area (Å²) in [5.74, 6) is 1.34. The molecule has 2 aromatic heterocycles. The SMILES string of the molecule is COC(=O)C1C=CCN1Cc1nc(-c2cccc(-c3ccnc(C)n3)c2)no1. The second-order valence-electron chi connectivity index (χ2n) is 6.41. The molecular formula is C20H19N5O3. The van der Waals surface area contributed by atoms with Crippen molar-refractivity contribution in [2.45, 2.75) is 19.5 Å². The molecule has 0 amide bonds. The molecule has 1 unspecified atom stereocenters. The number of carbonyl (C=O) groups excluding carboxylic acids is 1. The van der Waals surface area contributed by atoms with E-state index in [0.29, 0.717) is 30.6 Å². The number of nitrogens with zero attached hydrogens (tertiary/aromatic N) is 5. The molecule has 1 atom stereocenters. The molecule has 0 radical (unpaired) electrons. The monoisotopic (exact) mass is 377 g/mol. The van der Waals surface area contributed by atoms with E-state index < -0.39 is 6.04 Å². The lowest BCUT2D eigenvalue weighted by atomic mass is 10.1. The molecule has 0 bridgehead atoms. The lowest BCUT2D eigenvalue weighted by Gasteiger charge is -2.19. The van der Waals surface area contributed by atoms with Gasteiger partial charge in [0.05, 0.1) is 19.3 Å². The van der Waals surface area contributed by atoms with Crippen LogP contribution >= 0.6 is 0 Å². The Balaban J connectivity index is 1.53. The maximum absolute atomic E-state index is 11.8. The van der Waals surface area contributed by atoms with Crippen LogP contribution in [-0.4, -0.2) is 50.7 Å². The molecule has 0 spiro atoms. The van der Waals surface area contributed by atoms with Crippen molar-refractivity contribution in [2.24, 2.45) is 0 Å². The van der Waals surface area contributed by atoms with E-state index in [4.69, 9.17) is 9.26 Å². The summed E-state index contributed by atoms with van der Waals surface area (Å²) < 4.78 is 10.2. The fourth-order valence-corrected chi connectivity index (χ4v) is 3.12. The quantitative estimate of drug-likeness (QED) is 0.494. The Morgan fingerprint density at radius 3 is 2.96 bits per heavy atom. The van der Waals surface area contributed by atoms with Crippen LogP contribution in [0.2, 0.25) is 0 Å². The van der Waals surface area contributed by atoms with Gasteiger partial charge in [0.1, 0.15) is 11.9 Å². The van der Waals surface area contributed by atoms with E-state index in [1.54, 1.807) is 6.20 Å². The van der Waals surface area contributed by atoms with Crippen LogP contribution in [0.1, 0.15) is 11.7 Å². The molecule has 8 nitrogen and oxygen atoms in total. The van der Waals surface area contributed by atoms with Gasteiger partial charge in [-0.1, -0.05) is 35.5 Å². The fraction of sp³-hybridized carbons (Fsp3) is 0.250. The first kappa shape index (κ1) is 18.0. The van der Waals surface area contributed by atoms with Crippen LogP contribution in [0, 0.1) is 6.92 Å². The van der Waals surface area contributed by atoms with Gasteiger partial charge in [-0.05, 0) is 19.1 Å². The summed E-state index contributed by atoms with van der Waals surface area (Å²) in [7, 11) is 1.38. The van der Waals surface area contributed by atoms with Crippen LogP contribution in [0.5, 0.6) is 0 Å². The summed E-state index contributed by atoms with van der Waals surface area (Å²) in [5.41, 5.74) is 2.61. The first-order valence-corrected chi connectivity index (χ1v) is 8.85.